The minimum Gasteiger partial charge on any atom is -0.350 e. The number of halogens is 1. The molecule has 0 aliphatic carbocycles. The second-order valence-corrected chi connectivity index (χ2v) is 5.68. The molecule has 2 aromatic carbocycles. The van der Waals surface area contributed by atoms with Gasteiger partial charge in [0.25, 0.3) is 5.91 Å². The fourth-order valence-corrected chi connectivity index (χ4v) is 2.45. The predicted octanol–water partition coefficient (Wildman–Crippen LogP) is 3.20. The monoisotopic (exact) mass is 361 g/mol. The van der Waals surface area contributed by atoms with Crippen molar-refractivity contribution in [3.05, 3.63) is 83.3 Å². The Labute approximate surface area is 155 Å². The lowest BCUT2D eigenvalue weighted by molar-refractivity contribution is 0.0948. The zero-order valence-electron chi connectivity index (χ0n) is 14.3. The molecule has 3 rings (SSSR count). The summed E-state index contributed by atoms with van der Waals surface area (Å²) in [5.41, 5.74) is 1.79. The van der Waals surface area contributed by atoms with E-state index in [1.54, 1.807) is 48.5 Å². The summed E-state index contributed by atoms with van der Waals surface area (Å²) < 4.78 is 13.6. The van der Waals surface area contributed by atoms with Crippen molar-refractivity contribution in [1.29, 1.82) is 5.26 Å². The molecule has 1 amide bonds. The molecule has 1 aromatic heterocycles. The van der Waals surface area contributed by atoms with Crippen LogP contribution in [0.2, 0.25) is 0 Å². The van der Waals surface area contributed by atoms with Gasteiger partial charge in [0.05, 0.1) is 11.3 Å². The Kier molecular flexibility index (Phi) is 5.70. The number of nitrogens with one attached hydrogen (secondary N) is 2. The molecule has 0 saturated heterocycles. The smallest absolute Gasteiger partial charge is 0.271 e. The maximum absolute atomic E-state index is 13.6. The van der Waals surface area contributed by atoms with Gasteiger partial charge in [-0.2, -0.15) is 5.26 Å². The molecule has 134 valence electrons. The van der Waals surface area contributed by atoms with Gasteiger partial charge >= 0.3 is 0 Å². The third kappa shape index (κ3) is 4.64. The topological polar surface area (TPSA) is 90.7 Å². The number of benzene rings is 2. The molecule has 1 heterocycles. The van der Waals surface area contributed by atoms with Gasteiger partial charge in [-0.05, 0) is 42.3 Å². The van der Waals surface area contributed by atoms with E-state index in [-0.39, 0.29) is 24.0 Å². The van der Waals surface area contributed by atoms with E-state index >= 15 is 0 Å². The van der Waals surface area contributed by atoms with Crippen molar-refractivity contribution in [1.82, 2.24) is 15.5 Å². The Morgan fingerprint density at radius 1 is 1.04 bits per heavy atom. The molecule has 6 nitrogen and oxygen atoms in total. The van der Waals surface area contributed by atoms with Crippen molar-refractivity contribution in [3.63, 3.8) is 0 Å². The maximum atomic E-state index is 13.6. The minimum atomic E-state index is -0.386. The number of para-hydroxylation sites is 1. The van der Waals surface area contributed by atoms with Crippen molar-refractivity contribution in [2.45, 2.75) is 6.42 Å². The molecule has 0 saturated carbocycles. The largest absolute Gasteiger partial charge is 0.350 e. The third-order valence-electron chi connectivity index (χ3n) is 3.85. The first-order valence-corrected chi connectivity index (χ1v) is 8.29. The molecule has 0 aliphatic heterocycles. The number of nitrogens with zero attached hydrogens (tertiary/aromatic N) is 3. The van der Waals surface area contributed by atoms with Crippen LogP contribution in [0.15, 0.2) is 60.7 Å². The highest BCUT2D eigenvalue weighted by molar-refractivity contribution is 5.92. The van der Waals surface area contributed by atoms with Crippen molar-refractivity contribution in [2.24, 2.45) is 0 Å². The van der Waals surface area contributed by atoms with Crippen molar-refractivity contribution in [3.8, 4) is 6.07 Å². The third-order valence-corrected chi connectivity index (χ3v) is 3.85. The number of hydrogen-bond donors (Lipinski definition) is 2. The van der Waals surface area contributed by atoms with Crippen LogP contribution in [0.1, 0.15) is 21.6 Å². The number of carbonyl (C=O) groups excluding carboxylic acids is 1. The summed E-state index contributed by atoms with van der Waals surface area (Å²) in [5.74, 6) is -0.261. The van der Waals surface area contributed by atoms with Crippen molar-refractivity contribution in [2.75, 3.05) is 11.9 Å². The van der Waals surface area contributed by atoms with Gasteiger partial charge in [0.2, 0.25) is 0 Å². The highest BCUT2D eigenvalue weighted by Gasteiger charge is 2.09. The number of amides is 1. The van der Waals surface area contributed by atoms with E-state index in [1.165, 1.54) is 12.1 Å². The summed E-state index contributed by atoms with van der Waals surface area (Å²) >= 11 is 0. The summed E-state index contributed by atoms with van der Waals surface area (Å²) in [4.78, 5) is 12.1. The summed E-state index contributed by atoms with van der Waals surface area (Å²) in [7, 11) is 0. The van der Waals surface area contributed by atoms with E-state index in [1.807, 2.05) is 0 Å². The van der Waals surface area contributed by atoms with Crippen LogP contribution in [-0.2, 0) is 6.42 Å². The van der Waals surface area contributed by atoms with Crippen LogP contribution in [0.5, 0.6) is 0 Å². The second kappa shape index (κ2) is 8.54. The summed E-state index contributed by atoms with van der Waals surface area (Å²) in [6, 6.07) is 18.7. The quantitative estimate of drug-likeness (QED) is 0.704. The zero-order valence-corrected chi connectivity index (χ0v) is 14.3. The molecule has 3 aromatic rings. The van der Waals surface area contributed by atoms with Gasteiger partial charge in [-0.1, -0.05) is 30.3 Å². The van der Waals surface area contributed by atoms with Crippen LogP contribution in [-0.4, -0.2) is 22.6 Å². The molecule has 0 aliphatic rings. The SMILES string of the molecule is N#Cc1ccccc1Nc1ccc(C(=O)NCCc2ccccc2F)nn1. The number of anilines is 2. The average Bonchev–Trinajstić information content (AvgIpc) is 2.70. The Morgan fingerprint density at radius 3 is 2.56 bits per heavy atom. The summed E-state index contributed by atoms with van der Waals surface area (Å²) in [6.07, 6.45) is 0.385. The molecule has 0 bridgehead atoms. The van der Waals surface area contributed by atoms with Crippen LogP contribution >= 0.6 is 0 Å². The van der Waals surface area contributed by atoms with Crippen molar-refractivity contribution < 1.29 is 9.18 Å². The lowest BCUT2D eigenvalue weighted by Crippen LogP contribution is -2.27. The van der Waals surface area contributed by atoms with Gasteiger partial charge in [-0.25, -0.2) is 4.39 Å². The first-order chi connectivity index (χ1) is 13.2. The van der Waals surface area contributed by atoms with Crippen LogP contribution in [0.25, 0.3) is 0 Å². The van der Waals surface area contributed by atoms with Gasteiger partial charge < -0.3 is 10.6 Å². The van der Waals surface area contributed by atoms with Gasteiger partial charge in [-0.3, -0.25) is 4.79 Å². The zero-order chi connectivity index (χ0) is 19.1. The van der Waals surface area contributed by atoms with E-state index in [2.05, 4.69) is 26.9 Å². The fraction of sp³-hybridized carbons (Fsp3) is 0.100. The van der Waals surface area contributed by atoms with Crippen LogP contribution < -0.4 is 10.6 Å². The molecular formula is C20H16FN5O. The van der Waals surface area contributed by atoms with Gasteiger partial charge in [-0.15, -0.1) is 10.2 Å². The molecule has 27 heavy (non-hydrogen) atoms. The number of aromatic nitrogens is 2. The summed E-state index contributed by atoms with van der Waals surface area (Å²) in [6.45, 7) is 0.289. The van der Waals surface area contributed by atoms with Gasteiger partial charge in [0, 0.05) is 6.54 Å². The molecule has 7 heteroatoms. The van der Waals surface area contributed by atoms with Gasteiger partial charge in [0.1, 0.15) is 11.9 Å². The Morgan fingerprint density at radius 2 is 1.81 bits per heavy atom. The molecule has 0 fully saturated rings. The van der Waals surface area contributed by atoms with E-state index in [0.717, 1.165) is 0 Å². The number of rotatable bonds is 6. The number of nitriles is 1. The number of carbonyl (C=O) groups is 1. The van der Waals surface area contributed by atoms with Crippen LogP contribution in [0.3, 0.4) is 0 Å². The first kappa shape index (κ1) is 18.0. The van der Waals surface area contributed by atoms with Crippen LogP contribution in [0.4, 0.5) is 15.9 Å². The molecule has 0 spiro atoms. The predicted molar refractivity (Wildman–Crippen MR) is 98.9 cm³/mol. The highest BCUT2D eigenvalue weighted by Crippen LogP contribution is 2.18. The normalized spacial score (nSPS) is 10.1. The van der Waals surface area contributed by atoms with Crippen molar-refractivity contribution >= 4 is 17.4 Å². The highest BCUT2D eigenvalue weighted by atomic mass is 19.1. The molecule has 0 unspecified atom stereocenters. The molecule has 0 radical (unpaired) electrons. The molecule has 0 atom stereocenters. The fourth-order valence-electron chi connectivity index (χ4n) is 2.45. The summed E-state index contributed by atoms with van der Waals surface area (Å²) in [5, 5.41) is 22.6. The van der Waals surface area contributed by atoms with Gasteiger partial charge in [0.15, 0.2) is 11.5 Å². The maximum Gasteiger partial charge on any atom is 0.271 e. The molecule has 2 N–H and O–H groups in total. The Balaban J connectivity index is 1.57. The number of hydrogen-bond acceptors (Lipinski definition) is 5. The van der Waals surface area contributed by atoms with Crippen LogP contribution in [0, 0.1) is 17.1 Å². The lowest BCUT2D eigenvalue weighted by Gasteiger charge is -2.08. The molecular weight excluding hydrogens is 345 g/mol. The standard InChI is InChI=1S/C20H16FN5O/c21-16-7-3-1-5-14(16)11-12-23-20(27)18-9-10-19(26-25-18)24-17-8-4-2-6-15(17)13-22/h1-10H,11-12H2,(H,23,27)(H,24,26). The van der Waals surface area contributed by atoms with E-state index in [4.69, 9.17) is 5.26 Å². The Hall–Kier alpha value is -3.79. The first-order valence-electron chi connectivity index (χ1n) is 8.29. The lowest BCUT2D eigenvalue weighted by atomic mass is 10.1. The Bertz CT molecular complexity index is 982. The minimum absolute atomic E-state index is 0.155. The van der Waals surface area contributed by atoms with E-state index in [9.17, 15) is 9.18 Å². The average molecular weight is 361 g/mol. The second-order valence-electron chi connectivity index (χ2n) is 5.68. The van der Waals surface area contributed by atoms with E-state index < -0.39 is 0 Å². The van der Waals surface area contributed by atoms with E-state index in [0.29, 0.717) is 29.1 Å².